The Kier molecular flexibility index (Phi) is 4.50. The summed E-state index contributed by atoms with van der Waals surface area (Å²) in [7, 11) is 0. The van der Waals surface area contributed by atoms with Crippen molar-refractivity contribution in [3.05, 3.63) is 33.9 Å². The maximum atomic E-state index is 13.6. The lowest BCUT2D eigenvalue weighted by atomic mass is 10.2. The molecule has 0 bridgehead atoms. The topological polar surface area (TPSA) is 84.3 Å². The van der Waals surface area contributed by atoms with Gasteiger partial charge in [0, 0.05) is 24.1 Å². The maximum Gasteiger partial charge on any atom is 0.298 e. The number of nitrogens with one attached hydrogen (secondary N) is 2. The van der Waals surface area contributed by atoms with Crippen LogP contribution in [0.25, 0.3) is 0 Å². The summed E-state index contributed by atoms with van der Waals surface area (Å²) in [5.41, 5.74) is -1.42. The number of carbonyl (C=O) groups excluding carboxylic acids is 1. The summed E-state index contributed by atoms with van der Waals surface area (Å²) in [6, 6.07) is 0.505. The molecule has 1 atom stereocenters. The molecule has 1 heterocycles. The summed E-state index contributed by atoms with van der Waals surface area (Å²) in [6.45, 7) is 0.622. The first-order valence-electron chi connectivity index (χ1n) is 5.74. The second kappa shape index (κ2) is 6.14. The summed E-state index contributed by atoms with van der Waals surface area (Å²) in [5, 5.41) is 15.9. The van der Waals surface area contributed by atoms with E-state index in [4.69, 9.17) is 0 Å². The molecule has 1 saturated heterocycles. The highest BCUT2D eigenvalue weighted by Gasteiger charge is 2.26. The van der Waals surface area contributed by atoms with Gasteiger partial charge in [-0.2, -0.15) is 11.8 Å². The molecule has 9 heteroatoms. The molecule has 1 aliphatic rings. The number of nitro benzene ring substituents is 1. The van der Waals surface area contributed by atoms with Crippen LogP contribution >= 0.6 is 11.8 Å². The van der Waals surface area contributed by atoms with Crippen LogP contribution < -0.4 is 10.6 Å². The normalized spacial score (nSPS) is 18.6. The molecule has 0 aliphatic carbocycles. The van der Waals surface area contributed by atoms with Gasteiger partial charge >= 0.3 is 0 Å². The summed E-state index contributed by atoms with van der Waals surface area (Å²) in [6.07, 6.45) is 0. The predicted octanol–water partition coefficient (Wildman–Crippen LogP) is 1.52. The molecule has 0 saturated carbocycles. The predicted molar refractivity (Wildman–Crippen MR) is 70.8 cm³/mol. The summed E-state index contributed by atoms with van der Waals surface area (Å²) >= 11 is 1.55. The fraction of sp³-hybridized carbons (Fsp3) is 0.364. The Morgan fingerprint density at radius 2 is 2.25 bits per heavy atom. The number of amides is 1. The molecular formula is C11H11F2N3O3S. The fourth-order valence-corrected chi connectivity index (χ4v) is 2.71. The lowest BCUT2D eigenvalue weighted by molar-refractivity contribution is -0.384. The Morgan fingerprint density at radius 3 is 2.85 bits per heavy atom. The van der Waals surface area contributed by atoms with Crippen molar-refractivity contribution in [3.8, 4) is 0 Å². The van der Waals surface area contributed by atoms with Crippen molar-refractivity contribution in [3.63, 3.8) is 0 Å². The monoisotopic (exact) mass is 303 g/mol. The minimum atomic E-state index is -1.17. The van der Waals surface area contributed by atoms with Gasteiger partial charge in [-0.25, -0.2) is 8.78 Å². The average molecular weight is 303 g/mol. The molecule has 1 aromatic rings. The van der Waals surface area contributed by atoms with Crippen LogP contribution in [0.15, 0.2) is 12.1 Å². The van der Waals surface area contributed by atoms with E-state index in [0.717, 1.165) is 5.75 Å². The average Bonchev–Trinajstić information content (AvgIpc) is 2.42. The number of thioether (sulfide) groups is 1. The van der Waals surface area contributed by atoms with E-state index < -0.39 is 39.9 Å². The number of carbonyl (C=O) groups is 1. The first-order chi connectivity index (χ1) is 9.49. The highest BCUT2D eigenvalue weighted by atomic mass is 32.2. The van der Waals surface area contributed by atoms with Gasteiger partial charge in [0.2, 0.25) is 5.91 Å². The molecule has 2 N–H and O–H groups in total. The molecule has 0 aromatic heterocycles. The van der Waals surface area contributed by atoms with Gasteiger partial charge in [-0.15, -0.1) is 0 Å². The molecule has 1 aromatic carbocycles. The van der Waals surface area contributed by atoms with Crippen molar-refractivity contribution in [1.29, 1.82) is 0 Å². The van der Waals surface area contributed by atoms with E-state index in [-0.39, 0.29) is 0 Å². The number of nitro groups is 1. The van der Waals surface area contributed by atoms with Gasteiger partial charge in [0.15, 0.2) is 11.5 Å². The maximum absolute atomic E-state index is 13.6. The number of nitrogens with zero attached hydrogens (tertiary/aromatic N) is 1. The Morgan fingerprint density at radius 1 is 1.50 bits per heavy atom. The first kappa shape index (κ1) is 14.7. The highest BCUT2D eigenvalue weighted by Crippen LogP contribution is 2.29. The molecule has 2 rings (SSSR count). The molecule has 20 heavy (non-hydrogen) atoms. The second-order valence-corrected chi connectivity index (χ2v) is 5.26. The number of hydrogen-bond acceptors (Lipinski definition) is 5. The summed E-state index contributed by atoms with van der Waals surface area (Å²) < 4.78 is 26.6. The van der Waals surface area contributed by atoms with E-state index in [1.807, 2.05) is 0 Å². The zero-order valence-electron chi connectivity index (χ0n) is 10.2. The van der Waals surface area contributed by atoms with Gasteiger partial charge in [0.1, 0.15) is 5.82 Å². The lowest BCUT2D eigenvalue weighted by Crippen LogP contribution is -2.46. The van der Waals surface area contributed by atoms with Crippen LogP contribution in [0.5, 0.6) is 0 Å². The van der Waals surface area contributed by atoms with Crippen molar-refractivity contribution in [1.82, 2.24) is 5.32 Å². The van der Waals surface area contributed by atoms with Crippen LogP contribution in [0.4, 0.5) is 20.2 Å². The molecule has 1 amide bonds. The molecule has 1 aliphatic heterocycles. The molecular weight excluding hydrogens is 292 g/mol. The lowest BCUT2D eigenvalue weighted by Gasteiger charge is -2.22. The van der Waals surface area contributed by atoms with Crippen molar-refractivity contribution in [2.45, 2.75) is 6.04 Å². The van der Waals surface area contributed by atoms with Crippen LogP contribution in [0.2, 0.25) is 0 Å². The Labute approximate surface area is 117 Å². The first-order valence-corrected chi connectivity index (χ1v) is 6.90. The van der Waals surface area contributed by atoms with E-state index in [1.54, 1.807) is 11.8 Å². The van der Waals surface area contributed by atoms with E-state index in [9.17, 15) is 23.7 Å². The van der Waals surface area contributed by atoms with Gasteiger partial charge in [-0.05, 0) is 0 Å². The third kappa shape index (κ3) is 3.23. The fourth-order valence-electron chi connectivity index (χ4n) is 1.77. The van der Waals surface area contributed by atoms with Crippen LogP contribution in [-0.2, 0) is 4.79 Å². The Balaban J connectivity index is 2.23. The third-order valence-corrected chi connectivity index (χ3v) is 3.78. The van der Waals surface area contributed by atoms with Gasteiger partial charge in [-0.1, -0.05) is 0 Å². The van der Waals surface area contributed by atoms with Crippen LogP contribution in [-0.4, -0.2) is 34.9 Å². The quantitative estimate of drug-likeness (QED) is 0.653. The Bertz CT molecular complexity index is 550. The van der Waals surface area contributed by atoms with E-state index >= 15 is 0 Å². The number of halogens is 2. The summed E-state index contributed by atoms with van der Waals surface area (Å²) in [5.74, 6) is -1.48. The second-order valence-electron chi connectivity index (χ2n) is 4.11. The molecule has 1 unspecified atom stereocenters. The zero-order chi connectivity index (χ0) is 14.7. The van der Waals surface area contributed by atoms with E-state index in [1.165, 1.54) is 0 Å². The van der Waals surface area contributed by atoms with Gasteiger partial charge in [0.25, 0.3) is 5.69 Å². The minimum Gasteiger partial charge on any atom is -0.317 e. The highest BCUT2D eigenvalue weighted by molar-refractivity contribution is 7.99. The van der Waals surface area contributed by atoms with Crippen molar-refractivity contribution in [2.24, 2.45) is 0 Å². The van der Waals surface area contributed by atoms with E-state index in [2.05, 4.69) is 10.6 Å². The molecule has 108 valence electrons. The Hall–Kier alpha value is -1.74. The number of anilines is 1. The van der Waals surface area contributed by atoms with Crippen LogP contribution in [0, 0.1) is 21.7 Å². The van der Waals surface area contributed by atoms with Gasteiger partial charge < -0.3 is 10.6 Å². The molecule has 1 fully saturated rings. The smallest absolute Gasteiger partial charge is 0.298 e. The van der Waals surface area contributed by atoms with E-state index in [0.29, 0.717) is 24.4 Å². The number of rotatable bonds is 3. The number of hydrogen-bond donors (Lipinski definition) is 2. The largest absolute Gasteiger partial charge is 0.317 e. The molecule has 0 spiro atoms. The van der Waals surface area contributed by atoms with Gasteiger partial charge in [0.05, 0.1) is 17.0 Å². The standard InChI is InChI=1S/C11H11F2N3O3S/c12-6-3-7(13)10(9(4-6)16(18)19)15-11(17)8-5-20-2-1-14-8/h3-4,8,14H,1-2,5H2,(H,15,17). The number of benzene rings is 1. The molecule has 6 nitrogen and oxygen atoms in total. The summed E-state index contributed by atoms with van der Waals surface area (Å²) in [4.78, 5) is 21.8. The molecule has 0 radical (unpaired) electrons. The minimum absolute atomic E-state index is 0.489. The van der Waals surface area contributed by atoms with Crippen molar-refractivity contribution < 1.29 is 18.5 Å². The van der Waals surface area contributed by atoms with Crippen LogP contribution in [0.3, 0.4) is 0 Å². The van der Waals surface area contributed by atoms with Crippen molar-refractivity contribution >= 4 is 29.0 Å². The van der Waals surface area contributed by atoms with Crippen LogP contribution in [0.1, 0.15) is 0 Å². The van der Waals surface area contributed by atoms with Crippen molar-refractivity contribution in [2.75, 3.05) is 23.4 Å². The SMILES string of the molecule is O=C(Nc1c(F)cc(F)cc1[N+](=O)[O-])C1CSCCN1. The third-order valence-electron chi connectivity index (χ3n) is 2.72. The zero-order valence-corrected chi connectivity index (χ0v) is 11.0. The van der Waals surface area contributed by atoms with Gasteiger partial charge in [-0.3, -0.25) is 14.9 Å².